The maximum absolute atomic E-state index is 13.9. The number of anilines is 1. The molecule has 3 aromatic rings. The zero-order valence-electron chi connectivity index (χ0n) is 19.6. The second-order valence-corrected chi connectivity index (χ2v) is 9.07. The predicted molar refractivity (Wildman–Crippen MR) is 132 cm³/mol. The minimum absolute atomic E-state index is 0.155. The number of nitrogens with zero attached hydrogens (tertiary/aromatic N) is 4. The Bertz CT molecular complexity index is 1480. The smallest absolute Gasteiger partial charge is 0.269 e. The summed E-state index contributed by atoms with van der Waals surface area (Å²) in [5.74, 6) is -2.57. The lowest BCUT2D eigenvalue weighted by molar-refractivity contribution is -0.384. The minimum Gasteiger partial charge on any atom is -0.497 e. The summed E-state index contributed by atoms with van der Waals surface area (Å²) in [6, 6.07) is 17.7. The Hall–Kier alpha value is -4.86. The lowest BCUT2D eigenvalue weighted by atomic mass is 9.83. The van der Waals surface area contributed by atoms with Crippen LogP contribution in [-0.4, -0.2) is 46.9 Å². The maximum atomic E-state index is 13.9. The fourth-order valence-corrected chi connectivity index (χ4v) is 5.57. The Balaban J connectivity index is 1.45. The number of nitro benzene ring substituents is 1. The van der Waals surface area contributed by atoms with Gasteiger partial charge in [0.05, 0.1) is 41.8 Å². The van der Waals surface area contributed by atoms with Gasteiger partial charge in [0, 0.05) is 17.7 Å². The number of ketones is 1. The molecule has 2 saturated heterocycles. The number of Topliss-reactive ketones (excluding diaryl/α,β-unsaturated/α-hetero) is 1. The Kier molecular flexibility index (Phi) is 5.11. The van der Waals surface area contributed by atoms with Crippen molar-refractivity contribution < 1.29 is 24.0 Å². The monoisotopic (exact) mass is 496 g/mol. The van der Waals surface area contributed by atoms with Gasteiger partial charge in [-0.15, -0.1) is 0 Å². The van der Waals surface area contributed by atoms with E-state index in [0.717, 1.165) is 16.0 Å². The molecule has 4 atom stereocenters. The molecule has 0 spiro atoms. The number of amides is 2. The molecule has 3 aliphatic heterocycles. The van der Waals surface area contributed by atoms with Crippen LogP contribution in [0.2, 0.25) is 0 Å². The number of ether oxygens (including phenoxy) is 1. The number of carbonyl (C=O) groups excluding carboxylic acids is 3. The largest absolute Gasteiger partial charge is 0.497 e. The molecule has 2 amide bonds. The predicted octanol–water partition coefficient (Wildman–Crippen LogP) is 3.36. The number of nitro groups is 1. The average Bonchev–Trinajstić information content (AvgIpc) is 3.40. The van der Waals surface area contributed by atoms with Crippen LogP contribution in [0.1, 0.15) is 27.5 Å². The number of hydrogen-bond acceptors (Lipinski definition) is 8. The number of imide groups is 1. The number of rotatable bonds is 5. The molecule has 184 valence electrons. The van der Waals surface area contributed by atoms with Crippen molar-refractivity contribution in [3.05, 3.63) is 99.6 Å². The molecule has 0 aromatic heterocycles. The van der Waals surface area contributed by atoms with E-state index >= 15 is 0 Å². The van der Waals surface area contributed by atoms with E-state index in [0.29, 0.717) is 11.3 Å². The van der Waals surface area contributed by atoms with E-state index in [-0.39, 0.29) is 17.2 Å². The fraction of sp³-hybridized carbons (Fsp3) is 0.185. The molecule has 0 bridgehead atoms. The number of hydrogen-bond donors (Lipinski definition) is 0. The highest BCUT2D eigenvalue weighted by molar-refractivity contribution is 6.24. The van der Waals surface area contributed by atoms with E-state index in [9.17, 15) is 24.5 Å². The van der Waals surface area contributed by atoms with Crippen LogP contribution in [0.3, 0.4) is 0 Å². The number of non-ortho nitro benzene ring substituents is 1. The number of hydrazone groups is 1. The van der Waals surface area contributed by atoms with E-state index in [4.69, 9.17) is 4.74 Å². The van der Waals surface area contributed by atoms with Crippen molar-refractivity contribution in [2.45, 2.75) is 12.1 Å². The van der Waals surface area contributed by atoms with Gasteiger partial charge >= 0.3 is 0 Å². The van der Waals surface area contributed by atoms with Crippen molar-refractivity contribution in [1.82, 2.24) is 5.01 Å². The van der Waals surface area contributed by atoms with E-state index in [1.807, 2.05) is 24.3 Å². The summed E-state index contributed by atoms with van der Waals surface area (Å²) >= 11 is 0. The summed E-state index contributed by atoms with van der Waals surface area (Å²) in [6.07, 6.45) is 1.64. The van der Waals surface area contributed by atoms with Crippen LogP contribution in [0.15, 0.2) is 77.9 Å². The molecule has 3 aliphatic rings. The van der Waals surface area contributed by atoms with Crippen LogP contribution in [0.4, 0.5) is 11.4 Å². The van der Waals surface area contributed by atoms with Crippen molar-refractivity contribution in [2.24, 2.45) is 16.9 Å². The van der Waals surface area contributed by atoms with Gasteiger partial charge < -0.3 is 4.74 Å². The first-order valence-corrected chi connectivity index (χ1v) is 11.6. The van der Waals surface area contributed by atoms with Crippen molar-refractivity contribution in [3.63, 3.8) is 0 Å². The van der Waals surface area contributed by atoms with Crippen LogP contribution in [0, 0.1) is 22.0 Å². The summed E-state index contributed by atoms with van der Waals surface area (Å²) in [6.45, 7) is 0. The van der Waals surface area contributed by atoms with Crippen LogP contribution >= 0.6 is 0 Å². The van der Waals surface area contributed by atoms with Gasteiger partial charge in [-0.05, 0) is 47.5 Å². The second kappa shape index (κ2) is 8.37. The zero-order valence-corrected chi connectivity index (χ0v) is 19.6. The molecule has 0 radical (unpaired) electrons. The van der Waals surface area contributed by atoms with Gasteiger partial charge in [-0.2, -0.15) is 5.10 Å². The first kappa shape index (κ1) is 22.6. The van der Waals surface area contributed by atoms with E-state index in [1.165, 1.54) is 31.4 Å². The highest BCUT2D eigenvalue weighted by atomic mass is 16.6. The first-order chi connectivity index (χ1) is 17.9. The fourth-order valence-electron chi connectivity index (χ4n) is 5.57. The second-order valence-electron chi connectivity index (χ2n) is 9.07. The normalized spacial score (nSPS) is 23.5. The maximum Gasteiger partial charge on any atom is 0.269 e. The lowest BCUT2D eigenvalue weighted by Crippen LogP contribution is -2.44. The summed E-state index contributed by atoms with van der Waals surface area (Å²) in [7, 11) is 1.53. The summed E-state index contributed by atoms with van der Waals surface area (Å²) < 4.78 is 5.19. The van der Waals surface area contributed by atoms with Crippen LogP contribution in [0.5, 0.6) is 5.75 Å². The average molecular weight is 496 g/mol. The van der Waals surface area contributed by atoms with Gasteiger partial charge in [0.15, 0.2) is 5.78 Å². The molecule has 6 rings (SSSR count). The van der Waals surface area contributed by atoms with Crippen molar-refractivity contribution in [2.75, 3.05) is 12.0 Å². The molecule has 10 heteroatoms. The van der Waals surface area contributed by atoms with E-state index in [2.05, 4.69) is 5.10 Å². The molecule has 2 fully saturated rings. The molecule has 37 heavy (non-hydrogen) atoms. The number of methoxy groups -OCH3 is 1. The quantitative estimate of drug-likeness (QED) is 0.230. The molecular formula is C27H20N4O6. The molecule has 0 N–H and O–H groups in total. The highest BCUT2D eigenvalue weighted by Crippen LogP contribution is 2.53. The molecule has 0 aliphatic carbocycles. The van der Waals surface area contributed by atoms with Gasteiger partial charge in [0.2, 0.25) is 11.8 Å². The van der Waals surface area contributed by atoms with Crippen molar-refractivity contribution in [3.8, 4) is 5.75 Å². The molecule has 0 saturated carbocycles. The Labute approximate surface area is 210 Å². The van der Waals surface area contributed by atoms with Gasteiger partial charge in [0.25, 0.3) is 5.69 Å². The molecule has 3 heterocycles. The standard InChI is InChI=1S/C27H20N4O6/c1-37-19-12-6-15(7-13-19)25(32)24-22-21(23-20-5-3-2-4-16(20)14-28-30(23)24)26(33)29(27(22)34)17-8-10-18(11-9-17)31(35)36/h2-14,21-24H,1H3. The molecular weight excluding hydrogens is 476 g/mol. The minimum atomic E-state index is -1.01. The zero-order chi connectivity index (χ0) is 25.8. The summed E-state index contributed by atoms with van der Waals surface area (Å²) in [5.41, 5.74) is 2.06. The van der Waals surface area contributed by atoms with Gasteiger partial charge in [0.1, 0.15) is 11.8 Å². The Morgan fingerprint density at radius 3 is 2.30 bits per heavy atom. The molecule has 10 nitrogen and oxygen atoms in total. The number of fused-ring (bicyclic) bond motifs is 5. The Morgan fingerprint density at radius 1 is 0.946 bits per heavy atom. The SMILES string of the molecule is COc1ccc(C(=O)C2C3C(=O)N(c4ccc([N+](=O)[O-])cc4)C(=O)C3C3c4ccccc4C=NN23)cc1. The summed E-state index contributed by atoms with van der Waals surface area (Å²) in [4.78, 5) is 53.1. The van der Waals surface area contributed by atoms with Crippen LogP contribution in [0.25, 0.3) is 0 Å². The number of benzene rings is 3. The Morgan fingerprint density at radius 2 is 1.62 bits per heavy atom. The number of carbonyl (C=O) groups is 3. The van der Waals surface area contributed by atoms with E-state index in [1.54, 1.807) is 35.5 Å². The third-order valence-electron chi connectivity index (χ3n) is 7.26. The molecule has 3 aromatic carbocycles. The highest BCUT2D eigenvalue weighted by Gasteiger charge is 2.65. The van der Waals surface area contributed by atoms with Gasteiger partial charge in [-0.1, -0.05) is 24.3 Å². The summed E-state index contributed by atoms with van der Waals surface area (Å²) in [5, 5.41) is 17.2. The van der Waals surface area contributed by atoms with Crippen LogP contribution < -0.4 is 9.64 Å². The van der Waals surface area contributed by atoms with E-state index < -0.39 is 40.7 Å². The van der Waals surface area contributed by atoms with Crippen molar-refractivity contribution >= 4 is 35.2 Å². The topological polar surface area (TPSA) is 122 Å². The van der Waals surface area contributed by atoms with Gasteiger partial charge in [-0.25, -0.2) is 4.90 Å². The first-order valence-electron chi connectivity index (χ1n) is 11.6. The third-order valence-corrected chi connectivity index (χ3v) is 7.26. The van der Waals surface area contributed by atoms with Crippen LogP contribution in [-0.2, 0) is 9.59 Å². The molecule has 4 unspecified atom stereocenters. The van der Waals surface area contributed by atoms with Crippen molar-refractivity contribution in [1.29, 1.82) is 0 Å². The third kappa shape index (κ3) is 3.33. The lowest BCUT2D eigenvalue weighted by Gasteiger charge is -2.33. The van der Waals surface area contributed by atoms with Gasteiger partial charge in [-0.3, -0.25) is 29.5 Å².